The number of aliphatic hydroxyl groups excluding tert-OH is 1. The highest BCUT2D eigenvalue weighted by atomic mass is 31.2. The molecule has 612 valence electrons. The van der Waals surface area contributed by atoms with Crippen LogP contribution in [-0.2, 0) is 65.4 Å². The second kappa shape index (κ2) is 75.5. The molecule has 7 atom stereocenters. The lowest BCUT2D eigenvalue weighted by molar-refractivity contribution is -0.161. The summed E-state index contributed by atoms with van der Waals surface area (Å²) in [6, 6.07) is 0. The molecule has 0 saturated heterocycles. The van der Waals surface area contributed by atoms with Crippen molar-refractivity contribution >= 4 is 39.5 Å². The Morgan fingerprint density at radius 1 is 0.272 bits per heavy atom. The first-order valence-electron chi connectivity index (χ1n) is 43.6. The Bertz CT molecular complexity index is 1980. The van der Waals surface area contributed by atoms with E-state index in [2.05, 4.69) is 41.5 Å². The second-order valence-corrected chi connectivity index (χ2v) is 33.6. The zero-order chi connectivity index (χ0) is 75.6. The molecule has 3 N–H and O–H groups in total. The summed E-state index contributed by atoms with van der Waals surface area (Å²) in [7, 11) is -9.92. The highest BCUT2D eigenvalue weighted by molar-refractivity contribution is 7.47. The van der Waals surface area contributed by atoms with Gasteiger partial charge in [0.25, 0.3) is 0 Å². The van der Waals surface area contributed by atoms with Gasteiger partial charge in [0.2, 0.25) is 0 Å². The van der Waals surface area contributed by atoms with Crippen LogP contribution < -0.4 is 0 Å². The third-order valence-corrected chi connectivity index (χ3v) is 22.3. The maximum atomic E-state index is 13.1. The molecule has 0 aromatic heterocycles. The Kier molecular flexibility index (Phi) is 74.1. The fraction of sp³-hybridized carbons (Fsp3) is 0.952. The normalized spacial score (nSPS) is 14.4. The number of esters is 4. The molecule has 19 heteroatoms. The van der Waals surface area contributed by atoms with E-state index in [9.17, 15) is 43.2 Å². The van der Waals surface area contributed by atoms with Gasteiger partial charge in [-0.25, -0.2) is 9.13 Å². The summed E-state index contributed by atoms with van der Waals surface area (Å²) in [6.45, 7) is 9.74. The van der Waals surface area contributed by atoms with E-state index in [-0.39, 0.29) is 25.7 Å². The van der Waals surface area contributed by atoms with Crippen molar-refractivity contribution in [3.05, 3.63) is 0 Å². The van der Waals surface area contributed by atoms with E-state index in [1.165, 1.54) is 250 Å². The number of carbonyl (C=O) groups excluding carboxylic acids is 4. The molecule has 0 aliphatic carbocycles. The van der Waals surface area contributed by atoms with Gasteiger partial charge < -0.3 is 33.8 Å². The number of unbranched alkanes of at least 4 members (excludes halogenated alkanes) is 51. The van der Waals surface area contributed by atoms with E-state index in [0.717, 1.165) is 115 Å². The number of hydrogen-bond donors (Lipinski definition) is 3. The van der Waals surface area contributed by atoms with E-state index >= 15 is 0 Å². The molecule has 0 rings (SSSR count). The van der Waals surface area contributed by atoms with Crippen molar-refractivity contribution in [1.29, 1.82) is 0 Å². The summed E-state index contributed by atoms with van der Waals surface area (Å²) < 4.78 is 68.7. The minimum absolute atomic E-state index is 0.108. The fourth-order valence-corrected chi connectivity index (χ4v) is 14.6. The lowest BCUT2D eigenvalue weighted by Gasteiger charge is -2.21. The molecular formula is C84H164O17P2. The molecule has 17 nitrogen and oxygen atoms in total. The molecule has 0 aromatic carbocycles. The Morgan fingerprint density at radius 3 is 0.689 bits per heavy atom. The summed E-state index contributed by atoms with van der Waals surface area (Å²) in [6.07, 6.45) is 66.7. The van der Waals surface area contributed by atoms with Gasteiger partial charge in [-0.1, -0.05) is 395 Å². The Morgan fingerprint density at radius 2 is 0.466 bits per heavy atom. The zero-order valence-corrected chi connectivity index (χ0v) is 69.4. The van der Waals surface area contributed by atoms with E-state index in [1.54, 1.807) is 0 Å². The Labute approximate surface area is 632 Å². The van der Waals surface area contributed by atoms with Crippen LogP contribution in [0.25, 0.3) is 0 Å². The van der Waals surface area contributed by atoms with Gasteiger partial charge in [0.05, 0.1) is 26.4 Å². The predicted octanol–water partition coefficient (Wildman–Crippen LogP) is 25.5. The molecule has 0 saturated carbocycles. The van der Waals surface area contributed by atoms with Crippen LogP contribution in [0.1, 0.15) is 446 Å². The molecule has 103 heavy (non-hydrogen) atoms. The van der Waals surface area contributed by atoms with Crippen LogP contribution in [0.3, 0.4) is 0 Å². The third kappa shape index (κ3) is 75.3. The average molecular weight is 1510 g/mol. The van der Waals surface area contributed by atoms with E-state index in [1.807, 2.05) is 0 Å². The fourth-order valence-electron chi connectivity index (χ4n) is 13.0. The van der Waals surface area contributed by atoms with E-state index in [4.69, 9.17) is 37.0 Å². The molecular weight excluding hydrogens is 1340 g/mol. The number of phosphoric ester groups is 2. The summed E-state index contributed by atoms with van der Waals surface area (Å²) in [5, 5.41) is 10.6. The summed E-state index contributed by atoms with van der Waals surface area (Å²) >= 11 is 0. The molecule has 4 unspecified atom stereocenters. The Hall–Kier alpha value is -1.94. The minimum atomic E-state index is -4.96. The number of rotatable bonds is 83. The van der Waals surface area contributed by atoms with Gasteiger partial charge in [0, 0.05) is 25.7 Å². The van der Waals surface area contributed by atoms with Gasteiger partial charge in [-0.15, -0.1) is 0 Å². The van der Waals surface area contributed by atoms with Gasteiger partial charge in [-0.05, 0) is 37.5 Å². The van der Waals surface area contributed by atoms with E-state index < -0.39 is 97.5 Å². The van der Waals surface area contributed by atoms with Gasteiger partial charge in [0.1, 0.15) is 19.3 Å². The van der Waals surface area contributed by atoms with Crippen molar-refractivity contribution in [3.63, 3.8) is 0 Å². The number of carbonyl (C=O) groups is 4. The maximum absolute atomic E-state index is 13.1. The topological polar surface area (TPSA) is 237 Å². The van der Waals surface area contributed by atoms with Gasteiger partial charge >= 0.3 is 39.5 Å². The molecule has 0 aliphatic heterocycles. The maximum Gasteiger partial charge on any atom is 0.472 e. The van der Waals surface area contributed by atoms with Crippen LogP contribution in [0.15, 0.2) is 0 Å². The monoisotopic (exact) mass is 1510 g/mol. The smallest absolute Gasteiger partial charge is 0.462 e. The van der Waals surface area contributed by atoms with Crippen LogP contribution in [0.5, 0.6) is 0 Å². The molecule has 0 aromatic rings. The molecule has 0 aliphatic rings. The van der Waals surface area contributed by atoms with Crippen LogP contribution in [-0.4, -0.2) is 96.7 Å². The second-order valence-electron chi connectivity index (χ2n) is 30.7. The van der Waals surface area contributed by atoms with Crippen LogP contribution >= 0.6 is 15.6 Å². The van der Waals surface area contributed by atoms with Crippen LogP contribution in [0, 0.1) is 11.8 Å². The number of hydrogen-bond acceptors (Lipinski definition) is 15. The van der Waals surface area contributed by atoms with Gasteiger partial charge in [-0.3, -0.25) is 37.3 Å². The van der Waals surface area contributed by atoms with Crippen molar-refractivity contribution in [2.45, 2.75) is 464 Å². The molecule has 0 radical (unpaired) electrons. The minimum Gasteiger partial charge on any atom is -0.462 e. The largest absolute Gasteiger partial charge is 0.472 e. The lowest BCUT2D eigenvalue weighted by Crippen LogP contribution is -2.30. The first kappa shape index (κ1) is 101. The molecule has 0 bridgehead atoms. The summed E-state index contributed by atoms with van der Waals surface area (Å²) in [5.41, 5.74) is 0. The SMILES string of the molecule is CCCCCCCCCCCCCCCCCCC(=O)O[C@H](COC(=O)CCCCCCCCC)COP(=O)(O)OC[C@H](O)COP(=O)(O)OC[C@@H](COC(=O)CCCCCCCCCCCCCCCCC(C)CC)OC(=O)CCCCCCCCCCCCCCCCCCCCC(C)CC. The molecule has 0 amide bonds. The zero-order valence-electron chi connectivity index (χ0n) is 67.6. The van der Waals surface area contributed by atoms with Crippen LogP contribution in [0.4, 0.5) is 0 Å². The summed E-state index contributed by atoms with van der Waals surface area (Å²) in [5.74, 6) is -0.388. The van der Waals surface area contributed by atoms with Gasteiger partial charge in [0.15, 0.2) is 12.2 Å². The molecule has 0 heterocycles. The number of aliphatic hydroxyl groups is 1. The molecule has 0 spiro atoms. The van der Waals surface area contributed by atoms with E-state index in [0.29, 0.717) is 25.7 Å². The highest BCUT2D eigenvalue weighted by Gasteiger charge is 2.30. The predicted molar refractivity (Wildman–Crippen MR) is 423 cm³/mol. The Balaban J connectivity index is 5.17. The van der Waals surface area contributed by atoms with Crippen molar-refractivity contribution in [2.75, 3.05) is 39.6 Å². The van der Waals surface area contributed by atoms with Crippen molar-refractivity contribution in [2.24, 2.45) is 11.8 Å². The average Bonchev–Trinajstić information content (AvgIpc) is 0.923. The first-order valence-corrected chi connectivity index (χ1v) is 46.6. The van der Waals surface area contributed by atoms with Gasteiger partial charge in [-0.2, -0.15) is 0 Å². The van der Waals surface area contributed by atoms with Crippen molar-refractivity contribution in [1.82, 2.24) is 0 Å². The van der Waals surface area contributed by atoms with Crippen molar-refractivity contribution < 1.29 is 80.2 Å². The van der Waals surface area contributed by atoms with Crippen molar-refractivity contribution in [3.8, 4) is 0 Å². The highest BCUT2D eigenvalue weighted by Crippen LogP contribution is 2.45. The third-order valence-electron chi connectivity index (χ3n) is 20.4. The number of ether oxygens (including phenoxy) is 4. The van der Waals surface area contributed by atoms with Crippen LogP contribution in [0.2, 0.25) is 0 Å². The number of phosphoric acid groups is 2. The quantitative estimate of drug-likeness (QED) is 0.0222. The summed E-state index contributed by atoms with van der Waals surface area (Å²) in [4.78, 5) is 73.0. The standard InChI is InChI=1S/C84H164O17P2/c1-7-11-13-15-17-18-19-20-21-27-34-39-44-50-56-62-68-83(88)100-79(72-94-81(86)66-60-54-46-16-14-12-8-2)74-98-102(90,91)96-70-78(85)71-97-103(92,93)99-75-80(73-95-82(87)67-61-55-49-43-38-33-30-29-32-37-42-48-53-59-65-77(6)10-4)101-84(89)69-63-57-51-45-40-35-28-25-23-22-24-26-31-36-41-47-52-58-64-76(5)9-3/h76-80,85H,7-75H2,1-6H3,(H,90,91)(H,92,93)/t76?,77?,78-,79+,80+/m0/s1. The molecule has 0 fully saturated rings. The first-order chi connectivity index (χ1) is 49.9. The lowest BCUT2D eigenvalue weighted by atomic mass is 9.99.